The normalized spacial score (nSPS) is 28.2. The van der Waals surface area contributed by atoms with Gasteiger partial charge in [-0.2, -0.15) is 0 Å². The molecule has 1 rings (SSSR count). The molecule has 1 heterocycles. The quantitative estimate of drug-likeness (QED) is 0.543. The first-order valence-corrected chi connectivity index (χ1v) is 3.68. The lowest BCUT2D eigenvalue weighted by molar-refractivity contribution is 0.221. The molecule has 0 atom stereocenters. The zero-order valence-corrected chi connectivity index (χ0v) is 7.23. The topological polar surface area (TPSA) is 38.4 Å². The second-order valence-electron chi connectivity index (χ2n) is 4.21. The molecular formula is C8H16N2. The predicted octanol–water partition coefficient (Wildman–Crippen LogP) is 1.41. The van der Waals surface area contributed by atoms with E-state index in [-0.39, 0.29) is 10.8 Å². The predicted molar refractivity (Wildman–Crippen MR) is 44.1 cm³/mol. The Balaban J connectivity index is 2.96. The minimum absolute atomic E-state index is 0.0764. The van der Waals surface area contributed by atoms with E-state index in [4.69, 9.17) is 5.73 Å². The van der Waals surface area contributed by atoms with E-state index < -0.39 is 0 Å². The Kier molecular flexibility index (Phi) is 1.32. The highest BCUT2D eigenvalue weighted by Crippen LogP contribution is 2.42. The molecule has 0 aromatic heterocycles. The fourth-order valence-corrected chi connectivity index (χ4v) is 1.02. The van der Waals surface area contributed by atoms with Crippen LogP contribution in [0.1, 0.15) is 27.7 Å². The highest BCUT2D eigenvalue weighted by Gasteiger charge is 2.44. The molecule has 0 radical (unpaired) electrons. The monoisotopic (exact) mass is 140 g/mol. The highest BCUT2D eigenvalue weighted by atomic mass is 14.9. The van der Waals surface area contributed by atoms with Gasteiger partial charge in [-0.05, 0) is 5.41 Å². The first kappa shape index (κ1) is 7.58. The highest BCUT2D eigenvalue weighted by molar-refractivity contribution is 5.88. The lowest BCUT2D eigenvalue weighted by Gasteiger charge is -2.33. The molecule has 1 aliphatic rings. The fraction of sp³-hybridized carbons (Fsp3) is 0.875. The van der Waals surface area contributed by atoms with Crippen LogP contribution in [0.2, 0.25) is 0 Å². The molecule has 0 saturated heterocycles. The Morgan fingerprint density at radius 2 is 1.80 bits per heavy atom. The maximum absolute atomic E-state index is 5.74. The van der Waals surface area contributed by atoms with Crippen LogP contribution in [0.3, 0.4) is 0 Å². The molecule has 2 nitrogen and oxygen atoms in total. The van der Waals surface area contributed by atoms with Crippen molar-refractivity contribution in [2.24, 2.45) is 21.6 Å². The van der Waals surface area contributed by atoms with Crippen LogP contribution in [0.25, 0.3) is 0 Å². The van der Waals surface area contributed by atoms with E-state index in [1.807, 2.05) is 0 Å². The smallest absolute Gasteiger partial charge is 0.1000 e. The van der Waals surface area contributed by atoms with Crippen molar-refractivity contribution in [3.63, 3.8) is 0 Å². The molecule has 0 spiro atoms. The van der Waals surface area contributed by atoms with E-state index in [9.17, 15) is 0 Å². The van der Waals surface area contributed by atoms with Gasteiger partial charge in [-0.1, -0.05) is 27.7 Å². The molecule has 0 amide bonds. The second kappa shape index (κ2) is 1.74. The van der Waals surface area contributed by atoms with E-state index in [1.54, 1.807) is 0 Å². The van der Waals surface area contributed by atoms with Gasteiger partial charge in [0, 0.05) is 12.0 Å². The van der Waals surface area contributed by atoms with Crippen molar-refractivity contribution in [1.82, 2.24) is 0 Å². The standard InChI is InChI=1S/C8H16N2/c1-7(2)5-10-6(9)8(7,3)4/h5H2,1-4H3,(H2,9,10). The minimum Gasteiger partial charge on any atom is -0.387 e. The summed E-state index contributed by atoms with van der Waals surface area (Å²) in [5.41, 5.74) is 6.05. The van der Waals surface area contributed by atoms with Gasteiger partial charge in [0.2, 0.25) is 0 Å². The lowest BCUT2D eigenvalue weighted by atomic mass is 9.69. The van der Waals surface area contributed by atoms with Gasteiger partial charge in [-0.3, -0.25) is 4.99 Å². The van der Waals surface area contributed by atoms with Crippen LogP contribution < -0.4 is 5.73 Å². The van der Waals surface area contributed by atoms with Crippen molar-refractivity contribution in [2.45, 2.75) is 27.7 Å². The van der Waals surface area contributed by atoms with Crippen molar-refractivity contribution in [3.05, 3.63) is 0 Å². The minimum atomic E-state index is 0.0764. The van der Waals surface area contributed by atoms with Crippen LogP contribution in [-0.4, -0.2) is 12.4 Å². The number of hydrogen-bond acceptors (Lipinski definition) is 2. The van der Waals surface area contributed by atoms with Gasteiger partial charge in [-0.25, -0.2) is 0 Å². The van der Waals surface area contributed by atoms with Crippen LogP contribution >= 0.6 is 0 Å². The molecule has 0 aromatic rings. The van der Waals surface area contributed by atoms with Crippen molar-refractivity contribution in [3.8, 4) is 0 Å². The summed E-state index contributed by atoms with van der Waals surface area (Å²) < 4.78 is 0. The van der Waals surface area contributed by atoms with Gasteiger partial charge in [0.15, 0.2) is 0 Å². The molecule has 2 heteroatoms. The Morgan fingerprint density at radius 3 is 1.90 bits per heavy atom. The molecule has 0 fully saturated rings. The van der Waals surface area contributed by atoms with Gasteiger partial charge in [0.1, 0.15) is 0 Å². The van der Waals surface area contributed by atoms with E-state index >= 15 is 0 Å². The van der Waals surface area contributed by atoms with E-state index in [1.165, 1.54) is 0 Å². The second-order valence-corrected chi connectivity index (χ2v) is 4.21. The average Bonchev–Trinajstić information content (AvgIpc) is 1.94. The van der Waals surface area contributed by atoms with Crippen LogP contribution in [0.5, 0.6) is 0 Å². The number of aliphatic imine (C=N–C) groups is 1. The summed E-state index contributed by atoms with van der Waals surface area (Å²) in [6.45, 7) is 9.58. The zero-order chi connectivity index (χ0) is 7.99. The molecule has 0 unspecified atom stereocenters. The molecule has 0 bridgehead atoms. The van der Waals surface area contributed by atoms with Crippen LogP contribution in [0.15, 0.2) is 4.99 Å². The number of nitrogens with two attached hydrogens (primary N) is 1. The van der Waals surface area contributed by atoms with Gasteiger partial charge < -0.3 is 5.73 Å². The van der Waals surface area contributed by atoms with E-state index in [0.717, 1.165) is 12.4 Å². The van der Waals surface area contributed by atoms with Crippen molar-refractivity contribution in [2.75, 3.05) is 6.54 Å². The Labute approximate surface area is 62.5 Å². The maximum atomic E-state index is 5.74. The first-order chi connectivity index (χ1) is 4.38. The third-order valence-corrected chi connectivity index (χ3v) is 2.98. The summed E-state index contributed by atoms with van der Waals surface area (Å²) in [5.74, 6) is 0.803. The van der Waals surface area contributed by atoms with Crippen molar-refractivity contribution < 1.29 is 0 Å². The molecule has 0 saturated carbocycles. The number of amidine groups is 1. The number of hydrogen-bond donors (Lipinski definition) is 1. The third kappa shape index (κ3) is 0.746. The Hall–Kier alpha value is -0.530. The van der Waals surface area contributed by atoms with E-state index in [0.29, 0.717) is 0 Å². The Morgan fingerprint density at radius 1 is 1.30 bits per heavy atom. The summed E-state index contributed by atoms with van der Waals surface area (Å²) in [6.07, 6.45) is 0. The molecule has 1 aliphatic heterocycles. The van der Waals surface area contributed by atoms with Crippen LogP contribution in [-0.2, 0) is 0 Å². The summed E-state index contributed by atoms with van der Waals surface area (Å²) in [4.78, 5) is 4.24. The fourth-order valence-electron chi connectivity index (χ4n) is 1.02. The molecule has 0 aliphatic carbocycles. The average molecular weight is 140 g/mol. The third-order valence-electron chi connectivity index (χ3n) is 2.98. The largest absolute Gasteiger partial charge is 0.387 e. The summed E-state index contributed by atoms with van der Waals surface area (Å²) >= 11 is 0. The molecular weight excluding hydrogens is 124 g/mol. The summed E-state index contributed by atoms with van der Waals surface area (Å²) in [5, 5.41) is 0. The van der Waals surface area contributed by atoms with Gasteiger partial charge in [0.25, 0.3) is 0 Å². The number of rotatable bonds is 0. The van der Waals surface area contributed by atoms with Gasteiger partial charge in [0.05, 0.1) is 5.84 Å². The molecule has 0 aromatic carbocycles. The molecule has 10 heavy (non-hydrogen) atoms. The van der Waals surface area contributed by atoms with Crippen molar-refractivity contribution >= 4 is 5.84 Å². The maximum Gasteiger partial charge on any atom is 0.1000 e. The zero-order valence-electron chi connectivity index (χ0n) is 7.23. The lowest BCUT2D eigenvalue weighted by Crippen LogP contribution is -2.39. The first-order valence-electron chi connectivity index (χ1n) is 3.68. The van der Waals surface area contributed by atoms with E-state index in [2.05, 4.69) is 32.7 Å². The van der Waals surface area contributed by atoms with Crippen LogP contribution in [0.4, 0.5) is 0 Å². The SMILES string of the molecule is CC1(C)CN=C(N)C1(C)C. The van der Waals surface area contributed by atoms with Crippen LogP contribution in [0, 0.1) is 10.8 Å². The summed E-state index contributed by atoms with van der Waals surface area (Å²) in [6, 6.07) is 0. The van der Waals surface area contributed by atoms with Gasteiger partial charge >= 0.3 is 0 Å². The van der Waals surface area contributed by atoms with Gasteiger partial charge in [-0.15, -0.1) is 0 Å². The molecule has 58 valence electrons. The summed E-state index contributed by atoms with van der Waals surface area (Å²) in [7, 11) is 0. The number of nitrogens with zero attached hydrogens (tertiary/aromatic N) is 1. The Bertz CT molecular complexity index is 178. The molecule has 2 N–H and O–H groups in total. The van der Waals surface area contributed by atoms with Crippen molar-refractivity contribution in [1.29, 1.82) is 0 Å².